The monoisotopic (exact) mass is 1350 g/mol. The second-order valence-corrected chi connectivity index (χ2v) is 27.4. The fraction of sp³-hybridized carbons (Fsp3) is 0.609. The van der Waals surface area contributed by atoms with Crippen LogP contribution < -0.4 is 5.11 Å². The van der Waals surface area contributed by atoms with Crippen LogP contribution in [0.2, 0.25) is 0 Å². The molecule has 23 atom stereocenters. The Morgan fingerprint density at radius 3 is 1.47 bits per heavy atom. The quantitative estimate of drug-likeness (QED) is 0.0811. The Kier molecular flexibility index (Phi) is 19.0. The first-order chi connectivity index (χ1) is 46.0. The molecular weight excluding hydrogens is 1270 g/mol. The highest BCUT2D eigenvalue weighted by Gasteiger charge is 2.72. The Hall–Kier alpha value is -6.55. The van der Waals surface area contributed by atoms with Gasteiger partial charge in [-0.15, -0.1) is 0 Å². The summed E-state index contributed by atoms with van der Waals surface area (Å²) in [4.78, 5) is 77.6. The maximum atomic E-state index is 17.9. The molecule has 28 heteroatoms. The molecule has 1 unspecified atom stereocenters. The van der Waals surface area contributed by atoms with E-state index in [1.165, 1.54) is 27.4 Å². The number of likely N-dealkylation sites (N-methyl/N-ethyl adjacent to an activating group) is 2. The molecule has 526 valence electrons. The first-order valence-corrected chi connectivity index (χ1v) is 32.9. The summed E-state index contributed by atoms with van der Waals surface area (Å²) in [6, 6.07) is -3.07. The molecular formula is C69H86N4O24. The predicted molar refractivity (Wildman–Crippen MR) is 338 cm³/mol. The number of ether oxygens (including phenoxy) is 11. The number of phenols is 4. The van der Waals surface area contributed by atoms with Gasteiger partial charge in [-0.1, -0.05) is 13.8 Å². The molecule has 12 rings (SSSR count). The number of carbonyl (C=O) groups excluding carboxylic acids is 5. The summed E-state index contributed by atoms with van der Waals surface area (Å²) < 4.78 is 74.7. The fourth-order valence-corrected chi connectivity index (χ4v) is 17.6. The third-order valence-electron chi connectivity index (χ3n) is 21.8. The van der Waals surface area contributed by atoms with Crippen LogP contribution in [0.25, 0.3) is 22.8 Å². The van der Waals surface area contributed by atoms with Crippen LogP contribution in [-0.2, 0) is 56.9 Å². The zero-order valence-electron chi connectivity index (χ0n) is 56.2. The number of benzene rings is 2. The van der Waals surface area contributed by atoms with Gasteiger partial charge in [0.1, 0.15) is 64.4 Å². The number of aromatic hydroxyl groups is 4. The lowest BCUT2D eigenvalue weighted by Gasteiger charge is -2.59. The molecule has 0 aromatic heterocycles. The van der Waals surface area contributed by atoms with Crippen molar-refractivity contribution in [2.75, 3.05) is 49.5 Å². The Labute approximate surface area is 559 Å². The third kappa shape index (κ3) is 10.8. The van der Waals surface area contributed by atoms with Crippen LogP contribution in [0.1, 0.15) is 150 Å². The molecule has 0 bridgehead atoms. The number of fused-ring (bicyclic) bond motifs is 7. The van der Waals surface area contributed by atoms with Crippen LogP contribution in [0, 0.1) is 11.8 Å². The van der Waals surface area contributed by atoms with Crippen molar-refractivity contribution in [2.45, 2.75) is 208 Å². The van der Waals surface area contributed by atoms with Crippen molar-refractivity contribution >= 4 is 46.1 Å². The number of hydrogen-bond acceptors (Lipinski definition) is 26. The van der Waals surface area contributed by atoms with E-state index in [1.807, 2.05) is 0 Å². The van der Waals surface area contributed by atoms with E-state index >= 15 is 4.79 Å². The lowest BCUT2D eigenvalue weighted by molar-refractivity contribution is -0.523. The minimum Gasteiger partial charge on any atom is -0.511 e. The molecule has 97 heavy (non-hydrogen) atoms. The molecule has 4 fully saturated rings. The highest BCUT2D eigenvalue weighted by atomic mass is 16.7. The first-order valence-electron chi connectivity index (χ1n) is 32.9. The number of methoxy groups -OCH3 is 3. The SMILES string of the molecule is CC[C@@]1(O[C@H]2C[C@H](OC)[C@@H](OC)[C@H](C)O2)[C@H](O[C@@H]2C[C@H](O)[C@@H](N(C)C)[C@H](C)O2)C2=C(C(=O)[C@@H]1[C@H]1C(O)=C3C(=Cc4c(O)c5c(c(O)c43)C(=O)C=CC5=O)[C@@H](O[C@@H]3C[C@H](O)[C@@H](N(C)C)[C@H](C)O3)[C@@]1(CC)O[C@H]1C[C@H](OC)[C@@H](O)[C@H](C)O1)c1c(O)c3c(c(O)c1C2[NH+]=[N-])C(=O)C=CC3=O. The zero-order valence-corrected chi connectivity index (χ0v) is 56.2. The van der Waals surface area contributed by atoms with Gasteiger partial charge in [0.15, 0.2) is 60.1 Å². The molecule has 2 aromatic rings. The number of carbonyl (C=O) groups is 5. The van der Waals surface area contributed by atoms with Gasteiger partial charge in [0.2, 0.25) is 0 Å². The molecule has 4 saturated heterocycles. The number of allylic oxidation sites excluding steroid dienone is 5. The van der Waals surface area contributed by atoms with Crippen molar-refractivity contribution in [1.82, 2.24) is 9.80 Å². The van der Waals surface area contributed by atoms with Gasteiger partial charge in [0, 0.05) is 80.4 Å². The first kappa shape index (κ1) is 70.3. The van der Waals surface area contributed by atoms with Crippen molar-refractivity contribution in [2.24, 2.45) is 11.8 Å². The smallest absolute Gasteiger partial charge is 0.195 e. The Morgan fingerprint density at radius 1 is 0.546 bits per heavy atom. The standard InChI is InChI=1S/C69H86N4O24/c1-14-68(96-41-23-37(87-11)58(80)27(5)92-41)53(63(85)44-30(66(68)94-39-21-35(78)56(72(7)8)25(3)90-39)20-29-43(44)60(82)46-32(75)17-16-31(74)45(46)59(29)81)54-64(86)50-49-51(62(84)48-34(77)19-18-33(76)47(48)61(49)83)55(71-70)52(50)67(95-40-22-36(79)57(73(9)10)26(4)91-40)69(54,15-2)97-42-24-38(88-12)65(89-13)28(6)93-42/h16-20,25-28,35-42,53-58,65-67,71,78-85H,14-15,21-24H2,1-13H3/t25-,26-,27-,28-,35-,36-,37-,38-,39+,40+,41-,42-,53-,54-,55?,56-,57-,58-,65-,66+,67+,68-,69-/m0/s1. The highest BCUT2D eigenvalue weighted by molar-refractivity contribution is 6.31. The van der Waals surface area contributed by atoms with Crippen LogP contribution in [-0.4, -0.2) is 251 Å². The number of nitrogens with one attached hydrogen (secondary N) is 1. The van der Waals surface area contributed by atoms with E-state index < -0.39 is 248 Å². The summed E-state index contributed by atoms with van der Waals surface area (Å²) in [7, 11) is 11.3. The summed E-state index contributed by atoms with van der Waals surface area (Å²) in [6.07, 6.45) is -15.8. The maximum Gasteiger partial charge on any atom is 0.195 e. The van der Waals surface area contributed by atoms with Gasteiger partial charge in [-0.05, 0) is 105 Å². The third-order valence-corrected chi connectivity index (χ3v) is 21.8. The van der Waals surface area contributed by atoms with Gasteiger partial charge >= 0.3 is 0 Å². The minimum absolute atomic E-state index is 0.0914. The number of aliphatic hydroxyl groups excluding tert-OH is 4. The summed E-state index contributed by atoms with van der Waals surface area (Å²) in [5.74, 6) is -13.4. The number of rotatable bonds is 17. The molecule has 0 amide bonds. The second-order valence-electron chi connectivity index (χ2n) is 27.4. The molecule has 9 N–H and O–H groups in total. The Balaban J connectivity index is 1.22. The number of nitrogens with zero attached hydrogens (tertiary/aromatic N) is 3. The number of hydrogen-bond donors (Lipinski definition) is 9. The summed E-state index contributed by atoms with van der Waals surface area (Å²) in [5, 5.41) is 104. The number of aliphatic hydroxyl groups is 4. The number of phenolic OH excluding ortho intramolecular Hbond substituents is 4. The van der Waals surface area contributed by atoms with E-state index in [0.29, 0.717) is 0 Å². The molecule has 2 aromatic carbocycles. The molecule has 4 heterocycles. The largest absolute Gasteiger partial charge is 0.511 e. The van der Waals surface area contributed by atoms with Gasteiger partial charge in [0.25, 0.3) is 0 Å². The Morgan fingerprint density at radius 2 is 1.00 bits per heavy atom. The number of ketones is 5. The number of Topliss-reactive ketones (excluding diaryl/α,β-unsaturated/α-hetero) is 1. The van der Waals surface area contributed by atoms with Crippen molar-refractivity contribution in [3.05, 3.63) is 91.2 Å². The molecule has 6 aliphatic carbocycles. The summed E-state index contributed by atoms with van der Waals surface area (Å²) in [6.45, 7) is 9.96. The predicted octanol–water partition coefficient (Wildman–Crippen LogP) is 3.11. The molecule has 4 aliphatic heterocycles. The maximum absolute atomic E-state index is 17.9. The normalized spacial score (nSPS) is 38.6. The molecule has 0 radical (unpaired) electrons. The van der Waals surface area contributed by atoms with Crippen LogP contribution in [0.15, 0.2) is 41.2 Å². The Bertz CT molecular complexity index is 3740. The molecule has 0 saturated carbocycles. The molecule has 28 nitrogen and oxygen atoms in total. The van der Waals surface area contributed by atoms with Crippen molar-refractivity contribution in [3.63, 3.8) is 0 Å². The van der Waals surface area contributed by atoms with Crippen LogP contribution in [0.4, 0.5) is 0 Å². The van der Waals surface area contributed by atoms with Gasteiger partial charge < -0.3 is 113 Å². The van der Waals surface area contributed by atoms with Crippen LogP contribution in [0.3, 0.4) is 0 Å². The van der Waals surface area contributed by atoms with Crippen molar-refractivity contribution < 1.29 is 122 Å². The highest BCUT2D eigenvalue weighted by Crippen LogP contribution is 2.66. The van der Waals surface area contributed by atoms with Gasteiger partial charge in [-0.2, -0.15) is 0 Å². The lowest BCUT2D eigenvalue weighted by Crippen LogP contribution is -2.72. The summed E-state index contributed by atoms with van der Waals surface area (Å²) in [5.41, 5.74) is 1.38. The van der Waals surface area contributed by atoms with Gasteiger partial charge in [0.05, 0.1) is 101 Å². The molecule has 0 spiro atoms. The lowest BCUT2D eigenvalue weighted by atomic mass is 9.55. The summed E-state index contributed by atoms with van der Waals surface area (Å²) >= 11 is 0. The molecule has 10 aliphatic rings. The van der Waals surface area contributed by atoms with E-state index in [9.17, 15) is 65.6 Å². The van der Waals surface area contributed by atoms with E-state index in [0.717, 1.165) is 24.3 Å². The second kappa shape index (κ2) is 26.2. The van der Waals surface area contributed by atoms with Crippen LogP contribution >= 0.6 is 0 Å². The fourth-order valence-electron chi connectivity index (χ4n) is 17.6. The van der Waals surface area contributed by atoms with Gasteiger partial charge in [-0.3, -0.25) is 24.0 Å². The minimum atomic E-state index is -2.47. The zero-order chi connectivity index (χ0) is 70.2. The average Bonchev–Trinajstić information content (AvgIpc) is 1.61. The topological polar surface area (TPSA) is 391 Å². The van der Waals surface area contributed by atoms with Crippen molar-refractivity contribution in [3.8, 4) is 23.0 Å². The van der Waals surface area contributed by atoms with E-state index in [1.54, 1.807) is 79.5 Å². The van der Waals surface area contributed by atoms with Crippen LogP contribution in [0.5, 0.6) is 23.0 Å². The van der Waals surface area contributed by atoms with Gasteiger partial charge in [-0.25, -0.2) is 0 Å². The van der Waals surface area contributed by atoms with Crippen molar-refractivity contribution in [1.29, 1.82) is 0 Å². The van der Waals surface area contributed by atoms with E-state index in [4.69, 9.17) is 52.1 Å². The average molecular weight is 1360 g/mol. The van der Waals surface area contributed by atoms with E-state index in [-0.39, 0.29) is 54.4 Å². The van der Waals surface area contributed by atoms with E-state index in [2.05, 4.69) is 5.11 Å².